The highest BCUT2D eigenvalue weighted by atomic mass is 32.1. The fraction of sp³-hybridized carbons (Fsp3) is 0.250. The molecule has 0 fully saturated rings. The van der Waals surface area contributed by atoms with Crippen molar-refractivity contribution in [1.29, 1.82) is 0 Å². The quantitative estimate of drug-likeness (QED) is 0.583. The molecule has 3 aromatic rings. The number of fused-ring (bicyclic) bond motifs is 1. The molecule has 0 N–H and O–H groups in total. The van der Waals surface area contributed by atoms with E-state index in [9.17, 15) is 9.59 Å². The zero-order chi connectivity index (χ0) is 20.4. The Morgan fingerprint density at radius 3 is 2.52 bits per heavy atom. The Morgan fingerprint density at radius 1 is 1.03 bits per heavy atom. The fourth-order valence-electron chi connectivity index (χ4n) is 3.63. The van der Waals surface area contributed by atoms with Gasteiger partial charge in [-0.05, 0) is 48.4 Å². The standard InChI is InChI=1S/C24H23NO3S/c1-16-7-9-19(10-8-16)21-12-14-29-22(21)24(27)28-17(2)23(26)25-13-11-18-5-3-4-6-20(18)15-25/h3-10,12,14,17H,11,13,15H2,1-2H3/t17-/m0/s1. The lowest BCUT2D eigenvalue weighted by Gasteiger charge is -2.30. The normalized spacial score (nSPS) is 14.2. The van der Waals surface area contributed by atoms with Crippen molar-refractivity contribution >= 4 is 23.2 Å². The Balaban J connectivity index is 1.45. The van der Waals surface area contributed by atoms with Crippen LogP contribution in [0.3, 0.4) is 0 Å². The largest absolute Gasteiger partial charge is 0.448 e. The Morgan fingerprint density at radius 2 is 1.76 bits per heavy atom. The van der Waals surface area contributed by atoms with E-state index in [1.54, 1.807) is 11.8 Å². The Kier molecular flexibility index (Phi) is 5.49. The van der Waals surface area contributed by atoms with E-state index >= 15 is 0 Å². The molecule has 1 aliphatic heterocycles. The molecule has 4 nitrogen and oxygen atoms in total. The van der Waals surface area contributed by atoms with E-state index in [0.29, 0.717) is 18.0 Å². The van der Waals surface area contributed by atoms with Crippen molar-refractivity contribution < 1.29 is 14.3 Å². The summed E-state index contributed by atoms with van der Waals surface area (Å²) in [5.41, 5.74) is 5.41. The van der Waals surface area contributed by atoms with Crippen LogP contribution in [0.25, 0.3) is 11.1 Å². The molecule has 0 aliphatic carbocycles. The number of thiophene rings is 1. The van der Waals surface area contributed by atoms with Gasteiger partial charge in [-0.2, -0.15) is 0 Å². The van der Waals surface area contributed by atoms with Crippen LogP contribution in [0.2, 0.25) is 0 Å². The smallest absolute Gasteiger partial charge is 0.349 e. The van der Waals surface area contributed by atoms with E-state index in [0.717, 1.165) is 28.7 Å². The average molecular weight is 406 g/mol. The second-order valence-electron chi connectivity index (χ2n) is 7.36. The first-order valence-electron chi connectivity index (χ1n) is 9.74. The molecule has 29 heavy (non-hydrogen) atoms. The molecule has 0 unspecified atom stereocenters. The molecule has 4 rings (SSSR count). The topological polar surface area (TPSA) is 46.6 Å². The predicted octanol–water partition coefficient (Wildman–Crippen LogP) is 4.85. The lowest BCUT2D eigenvalue weighted by Crippen LogP contribution is -2.42. The summed E-state index contributed by atoms with van der Waals surface area (Å²) in [7, 11) is 0. The number of aryl methyl sites for hydroxylation is 1. The maximum atomic E-state index is 12.9. The van der Waals surface area contributed by atoms with Gasteiger partial charge in [0.1, 0.15) is 4.88 Å². The number of nitrogens with zero attached hydrogens (tertiary/aromatic N) is 1. The van der Waals surface area contributed by atoms with Crippen LogP contribution >= 0.6 is 11.3 Å². The molecule has 0 radical (unpaired) electrons. The van der Waals surface area contributed by atoms with Gasteiger partial charge in [0.2, 0.25) is 0 Å². The summed E-state index contributed by atoms with van der Waals surface area (Å²) in [4.78, 5) is 27.9. The summed E-state index contributed by atoms with van der Waals surface area (Å²) in [6.45, 7) is 4.88. The van der Waals surface area contributed by atoms with Crippen LogP contribution in [-0.4, -0.2) is 29.4 Å². The Bertz CT molecular complexity index is 1040. The maximum absolute atomic E-state index is 12.9. The summed E-state index contributed by atoms with van der Waals surface area (Å²) >= 11 is 1.34. The lowest BCUT2D eigenvalue weighted by atomic mass is 9.99. The third kappa shape index (κ3) is 4.10. The molecule has 0 bridgehead atoms. The fourth-order valence-corrected chi connectivity index (χ4v) is 4.43. The molecule has 1 amide bonds. The molecule has 1 aliphatic rings. The molecule has 1 atom stereocenters. The number of hydrogen-bond donors (Lipinski definition) is 0. The number of ether oxygens (including phenoxy) is 1. The molecule has 2 heterocycles. The number of carbonyl (C=O) groups is 2. The summed E-state index contributed by atoms with van der Waals surface area (Å²) in [6, 6.07) is 18.1. The Labute approximate surface area is 174 Å². The van der Waals surface area contributed by atoms with Crippen LogP contribution in [-0.2, 0) is 22.5 Å². The van der Waals surface area contributed by atoms with Crippen molar-refractivity contribution in [2.45, 2.75) is 32.9 Å². The van der Waals surface area contributed by atoms with Gasteiger partial charge in [-0.1, -0.05) is 54.1 Å². The first-order chi connectivity index (χ1) is 14.0. The molecule has 0 spiro atoms. The van der Waals surface area contributed by atoms with Crippen molar-refractivity contribution in [2.75, 3.05) is 6.54 Å². The maximum Gasteiger partial charge on any atom is 0.349 e. The van der Waals surface area contributed by atoms with Crippen molar-refractivity contribution in [3.8, 4) is 11.1 Å². The average Bonchev–Trinajstić information content (AvgIpc) is 3.23. The molecule has 148 valence electrons. The highest BCUT2D eigenvalue weighted by Crippen LogP contribution is 2.29. The number of hydrogen-bond acceptors (Lipinski definition) is 4. The van der Waals surface area contributed by atoms with E-state index < -0.39 is 12.1 Å². The molecule has 5 heteroatoms. The van der Waals surface area contributed by atoms with Gasteiger partial charge >= 0.3 is 5.97 Å². The van der Waals surface area contributed by atoms with Gasteiger partial charge in [-0.25, -0.2) is 4.79 Å². The second-order valence-corrected chi connectivity index (χ2v) is 8.27. The minimum absolute atomic E-state index is 0.152. The summed E-state index contributed by atoms with van der Waals surface area (Å²) in [5.74, 6) is -0.602. The summed E-state index contributed by atoms with van der Waals surface area (Å²) in [5, 5.41) is 1.87. The van der Waals surface area contributed by atoms with E-state index in [1.165, 1.54) is 16.9 Å². The minimum Gasteiger partial charge on any atom is -0.448 e. The van der Waals surface area contributed by atoms with E-state index in [4.69, 9.17) is 4.74 Å². The number of amides is 1. The minimum atomic E-state index is -0.819. The van der Waals surface area contributed by atoms with Crippen molar-refractivity contribution in [3.05, 3.63) is 81.5 Å². The highest BCUT2D eigenvalue weighted by Gasteiger charge is 2.28. The van der Waals surface area contributed by atoms with Gasteiger partial charge in [0, 0.05) is 18.7 Å². The van der Waals surface area contributed by atoms with Gasteiger partial charge in [0.15, 0.2) is 6.10 Å². The third-order valence-corrected chi connectivity index (χ3v) is 6.18. The van der Waals surface area contributed by atoms with E-state index in [-0.39, 0.29) is 5.91 Å². The first kappa shape index (κ1) is 19.4. The van der Waals surface area contributed by atoms with Crippen LogP contribution in [0.5, 0.6) is 0 Å². The number of esters is 1. The number of carbonyl (C=O) groups excluding carboxylic acids is 2. The third-order valence-electron chi connectivity index (χ3n) is 5.29. The molecular weight excluding hydrogens is 382 g/mol. The summed E-state index contributed by atoms with van der Waals surface area (Å²) in [6.07, 6.45) is 0.00571. The zero-order valence-electron chi connectivity index (χ0n) is 16.6. The van der Waals surface area contributed by atoms with Crippen molar-refractivity contribution in [1.82, 2.24) is 4.90 Å². The van der Waals surface area contributed by atoms with E-state index in [1.807, 2.05) is 60.8 Å². The predicted molar refractivity (Wildman–Crippen MR) is 115 cm³/mol. The van der Waals surface area contributed by atoms with Crippen LogP contribution in [0.15, 0.2) is 60.0 Å². The first-order valence-corrected chi connectivity index (χ1v) is 10.6. The second kappa shape index (κ2) is 8.21. The van der Waals surface area contributed by atoms with Crippen molar-refractivity contribution in [2.24, 2.45) is 0 Å². The SMILES string of the molecule is Cc1ccc(-c2ccsc2C(=O)O[C@@H](C)C(=O)N2CCc3ccccc3C2)cc1. The summed E-state index contributed by atoms with van der Waals surface area (Å²) < 4.78 is 5.56. The Hall–Kier alpha value is -2.92. The lowest BCUT2D eigenvalue weighted by molar-refractivity contribution is -0.140. The van der Waals surface area contributed by atoms with Crippen LogP contribution in [0, 0.1) is 6.92 Å². The zero-order valence-corrected chi connectivity index (χ0v) is 17.4. The van der Waals surface area contributed by atoms with Gasteiger partial charge in [0.05, 0.1) is 0 Å². The monoisotopic (exact) mass is 405 g/mol. The van der Waals surface area contributed by atoms with Gasteiger partial charge < -0.3 is 9.64 Å². The number of rotatable bonds is 4. The van der Waals surface area contributed by atoms with Gasteiger partial charge in [0.25, 0.3) is 5.91 Å². The highest BCUT2D eigenvalue weighted by molar-refractivity contribution is 7.12. The van der Waals surface area contributed by atoms with E-state index in [2.05, 4.69) is 6.07 Å². The van der Waals surface area contributed by atoms with Crippen molar-refractivity contribution in [3.63, 3.8) is 0 Å². The molecular formula is C24H23NO3S. The van der Waals surface area contributed by atoms with Gasteiger partial charge in [-0.15, -0.1) is 11.3 Å². The number of benzene rings is 2. The molecule has 0 saturated carbocycles. The van der Waals surface area contributed by atoms with Crippen LogP contribution < -0.4 is 0 Å². The van der Waals surface area contributed by atoms with Crippen LogP contribution in [0.4, 0.5) is 0 Å². The molecule has 1 aromatic heterocycles. The van der Waals surface area contributed by atoms with Gasteiger partial charge in [-0.3, -0.25) is 4.79 Å². The molecule has 0 saturated heterocycles. The van der Waals surface area contributed by atoms with Crippen LogP contribution in [0.1, 0.15) is 33.3 Å². The molecule has 2 aromatic carbocycles.